The van der Waals surface area contributed by atoms with Crippen molar-refractivity contribution in [1.29, 1.82) is 0 Å². The second-order valence-electron chi connectivity index (χ2n) is 7.48. The molecule has 2 aromatic carbocycles. The maximum absolute atomic E-state index is 12.8. The number of benzene rings is 2. The van der Waals surface area contributed by atoms with Crippen LogP contribution in [-0.4, -0.2) is 20.7 Å². The highest BCUT2D eigenvalue weighted by Crippen LogP contribution is 2.23. The van der Waals surface area contributed by atoms with E-state index in [-0.39, 0.29) is 11.1 Å². The molecular weight excluding hydrogens is 459 g/mol. The highest BCUT2D eigenvalue weighted by Gasteiger charge is 2.20. The molecule has 0 fully saturated rings. The Balaban J connectivity index is 1.36. The number of rotatable bonds is 8. The van der Waals surface area contributed by atoms with Gasteiger partial charge >= 0.3 is 0 Å². The molecule has 0 aliphatic rings. The van der Waals surface area contributed by atoms with Crippen molar-refractivity contribution < 1.29 is 9.53 Å². The highest BCUT2D eigenvalue weighted by atomic mass is 35.5. The number of pyridine rings is 1. The van der Waals surface area contributed by atoms with E-state index >= 15 is 0 Å². The molecule has 0 aliphatic carbocycles. The number of hydrogen-bond donors (Lipinski definition) is 1. The Morgan fingerprint density at radius 3 is 2.55 bits per heavy atom. The molecule has 0 bridgehead atoms. The van der Waals surface area contributed by atoms with E-state index in [1.54, 1.807) is 24.0 Å². The number of halogens is 2. The normalized spacial score (nSPS) is 10.8. The zero-order chi connectivity index (χ0) is 23.2. The van der Waals surface area contributed by atoms with Gasteiger partial charge in [-0.2, -0.15) is 5.10 Å². The lowest BCUT2D eigenvalue weighted by Gasteiger charge is -2.09. The van der Waals surface area contributed by atoms with Crippen molar-refractivity contribution in [3.63, 3.8) is 0 Å². The van der Waals surface area contributed by atoms with Crippen molar-refractivity contribution >= 4 is 29.1 Å². The lowest BCUT2D eigenvalue weighted by atomic mass is 10.2. The Morgan fingerprint density at radius 1 is 1.03 bits per heavy atom. The van der Waals surface area contributed by atoms with Crippen molar-refractivity contribution in [1.82, 2.24) is 20.1 Å². The number of aromatic nitrogens is 3. The van der Waals surface area contributed by atoms with Gasteiger partial charge in [-0.3, -0.25) is 9.78 Å². The fraction of sp³-hybridized carbons (Fsp3) is 0.160. The number of amides is 1. The quantitative estimate of drug-likeness (QED) is 0.364. The summed E-state index contributed by atoms with van der Waals surface area (Å²) < 4.78 is 7.35. The molecule has 0 unspecified atom stereocenters. The summed E-state index contributed by atoms with van der Waals surface area (Å²) in [4.78, 5) is 16.9. The minimum Gasteiger partial charge on any atom is -0.489 e. The van der Waals surface area contributed by atoms with Crippen LogP contribution in [0.2, 0.25) is 10.2 Å². The van der Waals surface area contributed by atoms with E-state index in [0.717, 1.165) is 22.4 Å². The molecular formula is C25H22Cl2N4O2. The first-order valence-electron chi connectivity index (χ1n) is 10.4. The van der Waals surface area contributed by atoms with Gasteiger partial charge in [0.05, 0.1) is 17.8 Å². The second-order valence-corrected chi connectivity index (χ2v) is 8.24. The number of carbonyl (C=O) groups is 1. The Morgan fingerprint density at radius 2 is 1.82 bits per heavy atom. The Labute approximate surface area is 202 Å². The number of hydrogen-bond acceptors (Lipinski definition) is 4. The Hall–Kier alpha value is -3.35. The summed E-state index contributed by atoms with van der Waals surface area (Å²) in [5.41, 5.74) is 3.73. The minimum atomic E-state index is -0.278. The predicted octanol–water partition coefficient (Wildman–Crippen LogP) is 5.45. The fourth-order valence-corrected chi connectivity index (χ4v) is 3.84. The van der Waals surface area contributed by atoms with E-state index in [2.05, 4.69) is 15.4 Å². The van der Waals surface area contributed by atoms with Gasteiger partial charge in [0.25, 0.3) is 5.91 Å². The molecule has 0 atom stereocenters. The molecule has 0 aliphatic heterocycles. The zero-order valence-corrected chi connectivity index (χ0v) is 19.5. The molecule has 0 radical (unpaired) electrons. The van der Waals surface area contributed by atoms with Crippen LogP contribution in [0.25, 0.3) is 0 Å². The minimum absolute atomic E-state index is 0.278. The van der Waals surface area contributed by atoms with Crippen molar-refractivity contribution in [2.24, 2.45) is 0 Å². The summed E-state index contributed by atoms with van der Waals surface area (Å²) in [5.74, 6) is 0.466. The van der Waals surface area contributed by atoms with Crippen LogP contribution < -0.4 is 10.1 Å². The van der Waals surface area contributed by atoms with Crippen LogP contribution in [0.15, 0.2) is 73.1 Å². The van der Waals surface area contributed by atoms with Gasteiger partial charge in [-0.05, 0) is 42.3 Å². The molecule has 33 heavy (non-hydrogen) atoms. The van der Waals surface area contributed by atoms with Gasteiger partial charge in [0.15, 0.2) is 0 Å². The highest BCUT2D eigenvalue weighted by molar-refractivity contribution is 6.33. The number of ether oxygens (including phenoxy) is 1. The molecule has 8 heteroatoms. The van der Waals surface area contributed by atoms with Gasteiger partial charge in [-0.25, -0.2) is 4.68 Å². The Kier molecular flexibility index (Phi) is 7.27. The average molecular weight is 481 g/mol. The summed E-state index contributed by atoms with van der Waals surface area (Å²) in [6.07, 6.45) is 3.50. The van der Waals surface area contributed by atoms with Gasteiger partial charge in [0, 0.05) is 29.5 Å². The van der Waals surface area contributed by atoms with Crippen LogP contribution in [0.4, 0.5) is 0 Å². The summed E-state index contributed by atoms with van der Waals surface area (Å²) >= 11 is 12.7. The van der Waals surface area contributed by atoms with Gasteiger partial charge in [-0.1, -0.05) is 59.6 Å². The van der Waals surface area contributed by atoms with E-state index in [9.17, 15) is 4.79 Å². The molecule has 6 nitrogen and oxygen atoms in total. The molecule has 168 valence electrons. The molecule has 0 spiro atoms. The van der Waals surface area contributed by atoms with E-state index in [1.165, 1.54) is 0 Å². The van der Waals surface area contributed by atoms with Crippen molar-refractivity contribution in [2.75, 3.05) is 0 Å². The van der Waals surface area contributed by atoms with E-state index in [4.69, 9.17) is 27.9 Å². The average Bonchev–Trinajstić information content (AvgIpc) is 3.11. The van der Waals surface area contributed by atoms with Crippen LogP contribution >= 0.6 is 23.2 Å². The van der Waals surface area contributed by atoms with Crippen LogP contribution in [0, 0.1) is 6.92 Å². The topological polar surface area (TPSA) is 69.0 Å². The third-order valence-corrected chi connectivity index (χ3v) is 5.83. The molecule has 1 N–H and O–H groups in total. The number of carbonyl (C=O) groups excluding carboxylic acids is 1. The van der Waals surface area contributed by atoms with Gasteiger partial charge in [0.2, 0.25) is 0 Å². The molecule has 2 aromatic heterocycles. The van der Waals surface area contributed by atoms with Gasteiger partial charge in [-0.15, -0.1) is 0 Å². The summed E-state index contributed by atoms with van der Waals surface area (Å²) in [6.45, 7) is 2.94. The smallest absolute Gasteiger partial charge is 0.256 e. The molecule has 0 saturated carbocycles. The largest absolute Gasteiger partial charge is 0.489 e. The lowest BCUT2D eigenvalue weighted by Crippen LogP contribution is -2.23. The summed E-state index contributed by atoms with van der Waals surface area (Å²) in [6, 6.07) is 18.9. The second kappa shape index (κ2) is 10.5. The standard InChI is InChI=1S/C25H22Cl2N4O2/c1-17-23(24(27)31(30-17)15-20-6-2-3-7-22(20)26)25(32)29-14-18-8-10-21(11-9-18)33-16-19-5-4-12-28-13-19/h2-13H,14-16H2,1H3,(H,29,32). The van der Waals surface area contributed by atoms with E-state index < -0.39 is 0 Å². The molecule has 4 aromatic rings. The van der Waals surface area contributed by atoms with Crippen molar-refractivity contribution in [2.45, 2.75) is 26.6 Å². The van der Waals surface area contributed by atoms with Crippen LogP contribution in [0.1, 0.15) is 32.7 Å². The zero-order valence-electron chi connectivity index (χ0n) is 18.0. The monoisotopic (exact) mass is 480 g/mol. The molecule has 2 heterocycles. The first-order chi connectivity index (χ1) is 16.0. The summed E-state index contributed by atoms with van der Waals surface area (Å²) in [7, 11) is 0. The third-order valence-electron chi connectivity index (χ3n) is 5.08. The maximum Gasteiger partial charge on any atom is 0.256 e. The van der Waals surface area contributed by atoms with E-state index in [0.29, 0.717) is 36.0 Å². The first-order valence-corrected chi connectivity index (χ1v) is 11.1. The maximum atomic E-state index is 12.8. The Bertz CT molecular complexity index is 1240. The molecule has 0 saturated heterocycles. The van der Waals surface area contributed by atoms with Crippen LogP contribution in [-0.2, 0) is 19.7 Å². The number of nitrogens with zero attached hydrogens (tertiary/aromatic N) is 3. The predicted molar refractivity (Wildman–Crippen MR) is 129 cm³/mol. The van der Waals surface area contributed by atoms with Crippen LogP contribution in [0.3, 0.4) is 0 Å². The molecule has 1 amide bonds. The van der Waals surface area contributed by atoms with E-state index in [1.807, 2.05) is 60.7 Å². The number of nitrogens with one attached hydrogen (secondary N) is 1. The van der Waals surface area contributed by atoms with Gasteiger partial charge in [0.1, 0.15) is 17.5 Å². The number of aryl methyl sites for hydroxylation is 1. The fourth-order valence-electron chi connectivity index (χ4n) is 3.33. The lowest BCUT2D eigenvalue weighted by molar-refractivity contribution is 0.0950. The van der Waals surface area contributed by atoms with Gasteiger partial charge < -0.3 is 10.1 Å². The first kappa shape index (κ1) is 22.8. The van der Waals surface area contributed by atoms with Crippen molar-refractivity contribution in [3.05, 3.63) is 111 Å². The third kappa shape index (κ3) is 5.72. The van der Waals surface area contributed by atoms with Crippen LogP contribution in [0.5, 0.6) is 5.75 Å². The van der Waals surface area contributed by atoms with Crippen molar-refractivity contribution in [3.8, 4) is 5.75 Å². The molecule has 4 rings (SSSR count). The SMILES string of the molecule is Cc1nn(Cc2ccccc2Cl)c(Cl)c1C(=O)NCc1ccc(OCc2cccnc2)cc1. The summed E-state index contributed by atoms with van der Waals surface area (Å²) in [5, 5.41) is 8.24.